The Kier molecular flexibility index (Phi) is 6.02. The predicted octanol–water partition coefficient (Wildman–Crippen LogP) is 4.21. The van der Waals surface area contributed by atoms with Gasteiger partial charge in [0.1, 0.15) is 12.1 Å². The lowest BCUT2D eigenvalue weighted by molar-refractivity contribution is -0.138. The second-order valence-corrected chi connectivity index (χ2v) is 9.83. The molecule has 0 aromatic heterocycles. The number of hydrogen-bond donors (Lipinski definition) is 3. The molecule has 2 aromatic rings. The van der Waals surface area contributed by atoms with Gasteiger partial charge in [0.25, 0.3) is 0 Å². The number of nitrogens with one attached hydrogen (secondary N) is 2. The van der Waals surface area contributed by atoms with Crippen molar-refractivity contribution < 1.29 is 24.2 Å². The SMILES string of the molecule is O=C(O)C[C@H]1CC[C@@H](NC(=O)C2(NC(=O)OCC3c4ccccc4-c4ccccc43)CCC2)C1. The van der Waals surface area contributed by atoms with Gasteiger partial charge in [-0.05, 0) is 66.7 Å². The zero-order valence-electron chi connectivity index (χ0n) is 19.1. The second kappa shape index (κ2) is 9.12. The monoisotopic (exact) mass is 462 g/mol. The Balaban J connectivity index is 1.19. The number of carbonyl (C=O) groups is 3. The Labute approximate surface area is 198 Å². The third kappa shape index (κ3) is 4.27. The van der Waals surface area contributed by atoms with Gasteiger partial charge in [0, 0.05) is 18.4 Å². The molecule has 0 unspecified atom stereocenters. The van der Waals surface area contributed by atoms with Gasteiger partial charge in [-0.1, -0.05) is 48.5 Å². The molecule has 0 aliphatic heterocycles. The van der Waals surface area contributed by atoms with Crippen LogP contribution in [0.5, 0.6) is 0 Å². The number of ether oxygens (including phenoxy) is 1. The minimum absolute atomic E-state index is 0.0334. The molecule has 2 aromatic carbocycles. The number of rotatable bonds is 7. The molecule has 0 spiro atoms. The van der Waals surface area contributed by atoms with E-state index in [1.165, 1.54) is 11.1 Å². The normalized spacial score (nSPS) is 22.2. The fourth-order valence-corrected chi connectivity index (χ4v) is 5.73. The maximum Gasteiger partial charge on any atom is 0.408 e. The van der Waals surface area contributed by atoms with Crippen molar-refractivity contribution in [1.29, 1.82) is 0 Å². The predicted molar refractivity (Wildman–Crippen MR) is 126 cm³/mol. The number of carboxylic acid groups (broad SMARTS) is 1. The molecule has 3 aliphatic rings. The van der Waals surface area contributed by atoms with Crippen molar-refractivity contribution in [2.45, 2.75) is 62.4 Å². The smallest absolute Gasteiger partial charge is 0.408 e. The van der Waals surface area contributed by atoms with Crippen molar-refractivity contribution in [3.8, 4) is 11.1 Å². The average molecular weight is 463 g/mol. The van der Waals surface area contributed by atoms with Crippen LogP contribution in [0.4, 0.5) is 4.79 Å². The van der Waals surface area contributed by atoms with Crippen molar-refractivity contribution in [1.82, 2.24) is 10.6 Å². The molecule has 7 nitrogen and oxygen atoms in total. The summed E-state index contributed by atoms with van der Waals surface area (Å²) in [7, 11) is 0. The van der Waals surface area contributed by atoms with Gasteiger partial charge in [0.15, 0.2) is 0 Å². The first-order chi connectivity index (χ1) is 16.4. The summed E-state index contributed by atoms with van der Waals surface area (Å²) in [6.45, 7) is 0.205. The zero-order chi connectivity index (χ0) is 23.7. The summed E-state index contributed by atoms with van der Waals surface area (Å²) in [5.41, 5.74) is 3.68. The van der Waals surface area contributed by atoms with E-state index in [0.717, 1.165) is 30.4 Å². The summed E-state index contributed by atoms with van der Waals surface area (Å²) in [5.74, 6) is -0.929. The highest BCUT2D eigenvalue weighted by molar-refractivity contribution is 5.91. The maximum absolute atomic E-state index is 13.1. The molecule has 2 amide bonds. The number of carbonyl (C=O) groups excluding carboxylic acids is 2. The first kappa shape index (κ1) is 22.4. The van der Waals surface area contributed by atoms with Gasteiger partial charge in [-0.15, -0.1) is 0 Å². The third-order valence-corrected chi connectivity index (χ3v) is 7.67. The molecule has 5 rings (SSSR count). The quantitative estimate of drug-likeness (QED) is 0.572. The lowest BCUT2D eigenvalue weighted by atomic mass is 9.76. The van der Waals surface area contributed by atoms with E-state index < -0.39 is 17.6 Å². The molecule has 2 atom stereocenters. The molecule has 3 aliphatic carbocycles. The standard InChI is InChI=1S/C27H30N2O5/c30-24(31)15-17-10-11-18(14-17)28-25(32)27(12-5-13-27)29-26(33)34-16-23-21-8-3-1-6-19(21)20-7-2-4-9-22(20)23/h1-4,6-9,17-18,23H,5,10-16H2,(H,28,32)(H,29,33)(H,30,31)/t17-,18+/m0/s1. The molecule has 3 N–H and O–H groups in total. The van der Waals surface area contributed by atoms with Crippen molar-refractivity contribution in [2.24, 2.45) is 5.92 Å². The summed E-state index contributed by atoms with van der Waals surface area (Å²) < 4.78 is 5.66. The molecule has 34 heavy (non-hydrogen) atoms. The van der Waals surface area contributed by atoms with E-state index >= 15 is 0 Å². The number of hydrogen-bond acceptors (Lipinski definition) is 4. The summed E-state index contributed by atoms with van der Waals surface area (Å²) in [5, 5.41) is 14.9. The van der Waals surface area contributed by atoms with E-state index in [9.17, 15) is 14.4 Å². The molecule has 178 valence electrons. The topological polar surface area (TPSA) is 105 Å². The number of benzene rings is 2. The van der Waals surface area contributed by atoms with Crippen LogP contribution < -0.4 is 10.6 Å². The largest absolute Gasteiger partial charge is 0.481 e. The van der Waals surface area contributed by atoms with E-state index in [1.807, 2.05) is 24.3 Å². The van der Waals surface area contributed by atoms with Crippen LogP contribution >= 0.6 is 0 Å². The highest BCUT2D eigenvalue weighted by atomic mass is 16.5. The van der Waals surface area contributed by atoms with Gasteiger partial charge >= 0.3 is 12.1 Å². The van der Waals surface area contributed by atoms with Gasteiger partial charge in [-0.25, -0.2) is 4.79 Å². The summed E-state index contributed by atoms with van der Waals surface area (Å²) in [6, 6.07) is 16.3. The third-order valence-electron chi connectivity index (χ3n) is 7.67. The summed E-state index contributed by atoms with van der Waals surface area (Å²) in [4.78, 5) is 36.8. The van der Waals surface area contributed by atoms with Crippen LogP contribution in [-0.2, 0) is 14.3 Å². The summed E-state index contributed by atoms with van der Waals surface area (Å²) >= 11 is 0. The van der Waals surface area contributed by atoms with Crippen LogP contribution in [0.1, 0.15) is 62.0 Å². The fourth-order valence-electron chi connectivity index (χ4n) is 5.73. The first-order valence-corrected chi connectivity index (χ1v) is 12.1. The van der Waals surface area contributed by atoms with Crippen LogP contribution in [0, 0.1) is 5.92 Å². The minimum atomic E-state index is -0.937. The van der Waals surface area contributed by atoms with E-state index in [1.54, 1.807) is 0 Å². The number of carboxylic acids is 1. The van der Waals surface area contributed by atoms with Crippen LogP contribution in [-0.4, -0.2) is 41.3 Å². The lowest BCUT2D eigenvalue weighted by Crippen LogP contribution is -2.64. The molecule has 0 heterocycles. The highest BCUT2D eigenvalue weighted by Gasteiger charge is 2.47. The van der Waals surface area contributed by atoms with Crippen molar-refractivity contribution in [3.05, 3.63) is 59.7 Å². The van der Waals surface area contributed by atoms with Crippen LogP contribution in [0.15, 0.2) is 48.5 Å². The second-order valence-electron chi connectivity index (χ2n) is 9.83. The Morgan fingerprint density at radius 3 is 2.21 bits per heavy atom. The fraction of sp³-hybridized carbons (Fsp3) is 0.444. The Morgan fingerprint density at radius 1 is 0.971 bits per heavy atom. The molecular formula is C27H30N2O5. The molecule has 7 heteroatoms. The van der Waals surface area contributed by atoms with Crippen molar-refractivity contribution in [3.63, 3.8) is 0 Å². The van der Waals surface area contributed by atoms with Gasteiger partial charge in [0.2, 0.25) is 5.91 Å². The molecule has 0 saturated heterocycles. The van der Waals surface area contributed by atoms with E-state index in [2.05, 4.69) is 34.9 Å². The van der Waals surface area contributed by atoms with Crippen molar-refractivity contribution >= 4 is 18.0 Å². The van der Waals surface area contributed by atoms with Crippen LogP contribution in [0.2, 0.25) is 0 Å². The number of fused-ring (bicyclic) bond motifs is 3. The average Bonchev–Trinajstić information content (AvgIpc) is 3.36. The highest BCUT2D eigenvalue weighted by Crippen LogP contribution is 2.44. The number of amides is 2. The Morgan fingerprint density at radius 2 is 1.62 bits per heavy atom. The first-order valence-electron chi connectivity index (χ1n) is 12.1. The number of alkyl carbamates (subject to hydrolysis) is 1. The van der Waals surface area contributed by atoms with Crippen molar-refractivity contribution in [2.75, 3.05) is 6.61 Å². The zero-order valence-corrected chi connectivity index (χ0v) is 19.1. The van der Waals surface area contributed by atoms with Crippen LogP contribution in [0.25, 0.3) is 11.1 Å². The summed E-state index contributed by atoms with van der Waals surface area (Å²) in [6.07, 6.45) is 3.81. The van der Waals surface area contributed by atoms with Gasteiger partial charge < -0.3 is 20.5 Å². The molecule has 0 bridgehead atoms. The Hall–Kier alpha value is -3.35. The van der Waals surface area contributed by atoms with E-state index in [4.69, 9.17) is 9.84 Å². The Bertz CT molecular complexity index is 1060. The van der Waals surface area contributed by atoms with Crippen LogP contribution in [0.3, 0.4) is 0 Å². The maximum atomic E-state index is 13.1. The molecule has 0 radical (unpaired) electrons. The van der Waals surface area contributed by atoms with E-state index in [0.29, 0.717) is 19.3 Å². The van der Waals surface area contributed by atoms with Gasteiger partial charge in [0.05, 0.1) is 0 Å². The lowest BCUT2D eigenvalue weighted by Gasteiger charge is -2.41. The van der Waals surface area contributed by atoms with Gasteiger partial charge in [-0.3, -0.25) is 9.59 Å². The number of aliphatic carboxylic acids is 1. The molecular weight excluding hydrogens is 432 g/mol. The molecule has 2 saturated carbocycles. The van der Waals surface area contributed by atoms with Gasteiger partial charge in [-0.2, -0.15) is 0 Å². The van der Waals surface area contributed by atoms with E-state index in [-0.39, 0.29) is 36.8 Å². The minimum Gasteiger partial charge on any atom is -0.481 e. The molecule has 2 fully saturated rings.